The fourth-order valence-electron chi connectivity index (χ4n) is 3.68. The number of nitrogens with one attached hydrogen (secondary N) is 1. The molecule has 9 nitrogen and oxygen atoms in total. The number of hydrogen-bond acceptors (Lipinski definition) is 8. The van der Waals surface area contributed by atoms with Gasteiger partial charge in [0.15, 0.2) is 5.17 Å². The van der Waals surface area contributed by atoms with Gasteiger partial charge in [0.1, 0.15) is 0 Å². The van der Waals surface area contributed by atoms with Gasteiger partial charge in [-0.25, -0.2) is 9.79 Å². The molecule has 162 valence electrons. The molecular weight excluding hydrogens is 420 g/mol. The zero-order valence-electron chi connectivity index (χ0n) is 17.2. The van der Waals surface area contributed by atoms with Crippen molar-refractivity contribution in [2.45, 2.75) is 44.7 Å². The molecular formula is C21H22N4O5S. The Kier molecular flexibility index (Phi) is 5.81. The summed E-state index contributed by atoms with van der Waals surface area (Å²) in [6.07, 6.45) is 2.66. The normalized spacial score (nSPS) is 20.1. The van der Waals surface area contributed by atoms with Crippen LogP contribution in [0.25, 0.3) is 0 Å². The second-order valence-corrected chi connectivity index (χ2v) is 8.30. The summed E-state index contributed by atoms with van der Waals surface area (Å²) in [6.45, 7) is 1.90. The van der Waals surface area contributed by atoms with E-state index in [4.69, 9.17) is 4.74 Å². The molecule has 4 rings (SSSR count). The lowest BCUT2D eigenvalue weighted by Gasteiger charge is -2.36. The zero-order valence-corrected chi connectivity index (χ0v) is 18.0. The van der Waals surface area contributed by atoms with Crippen LogP contribution in [-0.2, 0) is 14.3 Å². The Balaban J connectivity index is 1.74. The molecule has 1 fully saturated rings. The Labute approximate surface area is 183 Å². The summed E-state index contributed by atoms with van der Waals surface area (Å²) < 4.78 is 5.05. The fraction of sp³-hybridized carbons (Fsp3) is 0.381. The average molecular weight is 442 g/mol. The van der Waals surface area contributed by atoms with Crippen molar-refractivity contribution in [3.8, 4) is 0 Å². The molecule has 3 aliphatic rings. The second kappa shape index (κ2) is 8.54. The molecule has 1 atom stereocenters. The fourth-order valence-corrected chi connectivity index (χ4v) is 4.61. The van der Waals surface area contributed by atoms with Gasteiger partial charge in [-0.05, 0) is 42.4 Å². The number of benzene rings is 1. The Morgan fingerprint density at radius 2 is 2.03 bits per heavy atom. The quantitative estimate of drug-likeness (QED) is 0.391. The SMILES string of the molecule is CCC1=C(C(=O)OC)C(c2ccc([N+](=O)[O-])cc2)N2C(CC(=O)NC3CC3)=CSC2=N1. The number of non-ortho nitro benzene ring substituents is 1. The lowest BCUT2D eigenvalue weighted by molar-refractivity contribution is -0.384. The topological polar surface area (TPSA) is 114 Å². The molecule has 0 spiro atoms. The van der Waals surface area contributed by atoms with Crippen LogP contribution in [0.5, 0.6) is 0 Å². The van der Waals surface area contributed by atoms with Crippen LogP contribution in [0.15, 0.2) is 51.6 Å². The van der Waals surface area contributed by atoms with Gasteiger partial charge in [0.05, 0.1) is 35.8 Å². The van der Waals surface area contributed by atoms with Crippen molar-refractivity contribution >= 4 is 34.5 Å². The van der Waals surface area contributed by atoms with Gasteiger partial charge in [-0.15, -0.1) is 0 Å². The van der Waals surface area contributed by atoms with Crippen LogP contribution in [0.2, 0.25) is 0 Å². The maximum Gasteiger partial charge on any atom is 0.338 e. The number of allylic oxidation sites excluding steroid dienone is 1. The van der Waals surface area contributed by atoms with Gasteiger partial charge >= 0.3 is 5.97 Å². The molecule has 2 aliphatic heterocycles. The van der Waals surface area contributed by atoms with E-state index in [1.54, 1.807) is 12.1 Å². The minimum atomic E-state index is -0.592. The predicted octanol–water partition coefficient (Wildman–Crippen LogP) is 3.40. The average Bonchev–Trinajstić information content (AvgIpc) is 3.50. The Bertz CT molecular complexity index is 1030. The van der Waals surface area contributed by atoms with Gasteiger partial charge in [0.2, 0.25) is 5.91 Å². The van der Waals surface area contributed by atoms with E-state index in [2.05, 4.69) is 10.3 Å². The maximum atomic E-state index is 12.8. The minimum Gasteiger partial charge on any atom is -0.466 e. The number of esters is 1. The Hall–Kier alpha value is -3.14. The lowest BCUT2D eigenvalue weighted by Crippen LogP contribution is -2.38. The number of ether oxygens (including phenoxy) is 1. The van der Waals surface area contributed by atoms with Crippen LogP contribution in [0, 0.1) is 10.1 Å². The van der Waals surface area contributed by atoms with Crippen molar-refractivity contribution in [3.05, 3.63) is 62.3 Å². The number of amides is 1. The number of hydrogen-bond donors (Lipinski definition) is 1. The summed E-state index contributed by atoms with van der Waals surface area (Å²) in [7, 11) is 1.31. The molecule has 2 heterocycles. The number of nitro groups is 1. The molecule has 1 N–H and O–H groups in total. The number of rotatable bonds is 7. The molecule has 10 heteroatoms. The van der Waals surface area contributed by atoms with Crippen molar-refractivity contribution in [2.75, 3.05) is 7.11 Å². The van der Waals surface area contributed by atoms with E-state index in [0.717, 1.165) is 18.5 Å². The van der Waals surface area contributed by atoms with Gasteiger partial charge in [0.25, 0.3) is 5.69 Å². The molecule has 1 amide bonds. The summed E-state index contributed by atoms with van der Waals surface area (Å²) in [5.74, 6) is -0.593. The van der Waals surface area contributed by atoms with E-state index in [1.165, 1.54) is 31.0 Å². The number of thioether (sulfide) groups is 1. The summed E-state index contributed by atoms with van der Waals surface area (Å²) in [5, 5.41) is 16.6. The molecule has 0 aromatic heterocycles. The predicted molar refractivity (Wildman–Crippen MR) is 116 cm³/mol. The van der Waals surface area contributed by atoms with Gasteiger partial charge < -0.3 is 15.0 Å². The van der Waals surface area contributed by atoms with Crippen molar-refractivity contribution < 1.29 is 19.2 Å². The standard InChI is InChI=1S/C21H22N4O5S/c1-3-16-18(20(27)30-2)19(12-4-8-14(9-5-12)25(28)29)24-15(11-31-21(24)23-16)10-17(26)22-13-6-7-13/h4-5,8-9,11,13,19H,3,6-7,10H2,1-2H3,(H,22,26). The minimum absolute atomic E-state index is 0.0388. The summed E-state index contributed by atoms with van der Waals surface area (Å²) in [4.78, 5) is 42.4. The molecule has 1 aromatic carbocycles. The number of nitrogens with zero attached hydrogens (tertiary/aromatic N) is 3. The van der Waals surface area contributed by atoms with E-state index in [9.17, 15) is 19.7 Å². The molecule has 1 unspecified atom stereocenters. The van der Waals surface area contributed by atoms with E-state index >= 15 is 0 Å². The zero-order chi connectivity index (χ0) is 22.1. The van der Waals surface area contributed by atoms with E-state index in [0.29, 0.717) is 28.4 Å². The summed E-state index contributed by atoms with van der Waals surface area (Å²) in [5.41, 5.74) is 2.34. The Morgan fingerprint density at radius 3 is 2.61 bits per heavy atom. The first kappa shape index (κ1) is 21.1. The van der Waals surface area contributed by atoms with Crippen molar-refractivity contribution in [2.24, 2.45) is 4.99 Å². The highest BCUT2D eigenvalue weighted by Gasteiger charge is 2.41. The lowest BCUT2D eigenvalue weighted by atomic mass is 9.92. The third-order valence-corrected chi connectivity index (χ3v) is 6.22. The van der Waals surface area contributed by atoms with Crippen LogP contribution in [-0.4, -0.2) is 40.0 Å². The number of carbonyl (C=O) groups excluding carboxylic acids is 2. The van der Waals surface area contributed by atoms with Crippen molar-refractivity contribution in [1.29, 1.82) is 0 Å². The molecule has 1 aliphatic carbocycles. The van der Waals surface area contributed by atoms with Crippen LogP contribution in [0.4, 0.5) is 5.69 Å². The largest absolute Gasteiger partial charge is 0.466 e. The monoisotopic (exact) mass is 442 g/mol. The van der Waals surface area contributed by atoms with Gasteiger partial charge in [-0.3, -0.25) is 14.9 Å². The molecule has 1 aromatic rings. The van der Waals surface area contributed by atoms with Crippen LogP contribution >= 0.6 is 11.8 Å². The summed E-state index contributed by atoms with van der Waals surface area (Å²) >= 11 is 1.40. The van der Waals surface area contributed by atoms with E-state index in [-0.39, 0.29) is 24.1 Å². The van der Waals surface area contributed by atoms with Crippen molar-refractivity contribution in [1.82, 2.24) is 10.2 Å². The first-order valence-corrected chi connectivity index (χ1v) is 10.9. The first-order valence-electron chi connectivity index (χ1n) is 10.0. The number of nitro benzene ring substituents is 1. The first-order chi connectivity index (χ1) is 14.9. The molecule has 1 saturated carbocycles. The number of amidine groups is 1. The maximum absolute atomic E-state index is 12.8. The number of carbonyl (C=O) groups is 2. The molecule has 31 heavy (non-hydrogen) atoms. The van der Waals surface area contributed by atoms with Crippen LogP contribution < -0.4 is 5.32 Å². The summed E-state index contributed by atoms with van der Waals surface area (Å²) in [6, 6.07) is 5.74. The van der Waals surface area contributed by atoms with Gasteiger partial charge in [-0.1, -0.05) is 18.7 Å². The van der Waals surface area contributed by atoms with Gasteiger partial charge in [0, 0.05) is 23.9 Å². The third kappa shape index (κ3) is 4.20. The second-order valence-electron chi connectivity index (χ2n) is 7.47. The molecule has 0 saturated heterocycles. The highest BCUT2D eigenvalue weighted by atomic mass is 32.2. The highest BCUT2D eigenvalue weighted by Crippen LogP contribution is 2.45. The third-order valence-electron chi connectivity index (χ3n) is 5.33. The number of fused-ring (bicyclic) bond motifs is 1. The smallest absolute Gasteiger partial charge is 0.338 e. The van der Waals surface area contributed by atoms with E-state index in [1.807, 2.05) is 17.2 Å². The van der Waals surface area contributed by atoms with Gasteiger partial charge in [-0.2, -0.15) is 0 Å². The highest BCUT2D eigenvalue weighted by molar-refractivity contribution is 8.16. The molecule has 0 bridgehead atoms. The Morgan fingerprint density at radius 1 is 1.32 bits per heavy atom. The molecule has 0 radical (unpaired) electrons. The van der Waals surface area contributed by atoms with Crippen LogP contribution in [0.3, 0.4) is 0 Å². The van der Waals surface area contributed by atoms with Crippen LogP contribution in [0.1, 0.15) is 44.2 Å². The van der Waals surface area contributed by atoms with E-state index < -0.39 is 16.9 Å². The number of aliphatic imine (C=N–C) groups is 1. The van der Waals surface area contributed by atoms with Crippen molar-refractivity contribution in [3.63, 3.8) is 0 Å². The number of methoxy groups -OCH3 is 1.